The SMILES string of the molecule is CC(C)Cc1sccc1C(C)C. The van der Waals surface area contributed by atoms with Gasteiger partial charge in [-0.1, -0.05) is 27.7 Å². The molecule has 1 aromatic heterocycles. The molecule has 0 amide bonds. The first-order valence-corrected chi connectivity index (χ1v) is 5.55. The smallest absolute Gasteiger partial charge is 0.00823 e. The monoisotopic (exact) mass is 182 g/mol. The fraction of sp³-hybridized carbons (Fsp3) is 0.636. The number of hydrogen-bond acceptors (Lipinski definition) is 1. The van der Waals surface area contributed by atoms with E-state index in [1.54, 1.807) is 10.4 Å². The van der Waals surface area contributed by atoms with Crippen molar-refractivity contribution in [3.05, 3.63) is 21.9 Å². The highest BCUT2D eigenvalue weighted by molar-refractivity contribution is 7.10. The Balaban J connectivity index is 2.77. The molecule has 68 valence electrons. The second-order valence-electron chi connectivity index (χ2n) is 4.05. The van der Waals surface area contributed by atoms with E-state index in [0.29, 0.717) is 5.92 Å². The van der Waals surface area contributed by atoms with Crippen LogP contribution in [0.25, 0.3) is 0 Å². The van der Waals surface area contributed by atoms with Crippen LogP contribution in [0.4, 0.5) is 0 Å². The summed E-state index contributed by atoms with van der Waals surface area (Å²) in [6.07, 6.45) is 1.24. The third-order valence-electron chi connectivity index (χ3n) is 2.00. The van der Waals surface area contributed by atoms with Gasteiger partial charge in [-0.05, 0) is 35.3 Å². The van der Waals surface area contributed by atoms with Gasteiger partial charge in [0.2, 0.25) is 0 Å². The molecule has 1 heterocycles. The minimum absolute atomic E-state index is 0.685. The van der Waals surface area contributed by atoms with Crippen LogP contribution in [-0.4, -0.2) is 0 Å². The van der Waals surface area contributed by atoms with E-state index < -0.39 is 0 Å². The lowest BCUT2D eigenvalue weighted by Gasteiger charge is -2.08. The Morgan fingerprint density at radius 3 is 2.42 bits per heavy atom. The van der Waals surface area contributed by atoms with Gasteiger partial charge in [-0.2, -0.15) is 0 Å². The van der Waals surface area contributed by atoms with Gasteiger partial charge >= 0.3 is 0 Å². The minimum Gasteiger partial charge on any atom is -0.149 e. The van der Waals surface area contributed by atoms with E-state index in [-0.39, 0.29) is 0 Å². The molecule has 0 atom stereocenters. The zero-order valence-corrected chi connectivity index (χ0v) is 9.24. The zero-order chi connectivity index (χ0) is 9.14. The molecule has 0 aliphatic rings. The molecule has 0 aromatic carbocycles. The lowest BCUT2D eigenvalue weighted by Crippen LogP contribution is -1.96. The summed E-state index contributed by atoms with van der Waals surface area (Å²) in [5.41, 5.74) is 1.55. The highest BCUT2D eigenvalue weighted by Gasteiger charge is 2.08. The number of thiophene rings is 1. The lowest BCUT2D eigenvalue weighted by atomic mass is 10.00. The van der Waals surface area contributed by atoms with Gasteiger partial charge in [0.15, 0.2) is 0 Å². The van der Waals surface area contributed by atoms with Crippen molar-refractivity contribution in [3.63, 3.8) is 0 Å². The van der Waals surface area contributed by atoms with Gasteiger partial charge in [-0.3, -0.25) is 0 Å². The molecule has 0 aliphatic heterocycles. The van der Waals surface area contributed by atoms with E-state index in [1.807, 2.05) is 11.3 Å². The highest BCUT2D eigenvalue weighted by Crippen LogP contribution is 2.26. The molecule has 1 rings (SSSR count). The predicted molar refractivity (Wildman–Crippen MR) is 57.0 cm³/mol. The second-order valence-corrected chi connectivity index (χ2v) is 5.05. The molecule has 0 fully saturated rings. The fourth-order valence-corrected chi connectivity index (χ4v) is 2.65. The van der Waals surface area contributed by atoms with Crippen molar-refractivity contribution in [2.75, 3.05) is 0 Å². The third kappa shape index (κ3) is 2.34. The number of rotatable bonds is 3. The summed E-state index contributed by atoms with van der Waals surface area (Å²) in [6.45, 7) is 9.10. The largest absolute Gasteiger partial charge is 0.149 e. The van der Waals surface area contributed by atoms with E-state index >= 15 is 0 Å². The molecule has 0 saturated heterocycles. The Bertz CT molecular complexity index is 233. The average molecular weight is 182 g/mol. The molecule has 0 unspecified atom stereocenters. The summed E-state index contributed by atoms with van der Waals surface area (Å²) < 4.78 is 0. The summed E-state index contributed by atoms with van der Waals surface area (Å²) in [5, 5.41) is 2.22. The molecule has 0 aliphatic carbocycles. The molecular formula is C11H18S. The van der Waals surface area contributed by atoms with Gasteiger partial charge in [0.25, 0.3) is 0 Å². The van der Waals surface area contributed by atoms with Gasteiger partial charge in [0.05, 0.1) is 0 Å². The average Bonchev–Trinajstić information content (AvgIpc) is 2.33. The van der Waals surface area contributed by atoms with Crippen molar-refractivity contribution in [2.24, 2.45) is 5.92 Å². The van der Waals surface area contributed by atoms with E-state index in [2.05, 4.69) is 39.1 Å². The molecule has 1 heteroatoms. The first-order chi connectivity index (χ1) is 5.61. The van der Waals surface area contributed by atoms with Crippen molar-refractivity contribution < 1.29 is 0 Å². The fourth-order valence-electron chi connectivity index (χ4n) is 1.40. The maximum atomic E-state index is 2.28. The van der Waals surface area contributed by atoms with Crippen LogP contribution in [0.3, 0.4) is 0 Å². The Morgan fingerprint density at radius 1 is 1.25 bits per heavy atom. The van der Waals surface area contributed by atoms with Crippen LogP contribution < -0.4 is 0 Å². The van der Waals surface area contributed by atoms with Crippen molar-refractivity contribution >= 4 is 11.3 Å². The van der Waals surface area contributed by atoms with Gasteiger partial charge < -0.3 is 0 Å². The van der Waals surface area contributed by atoms with Crippen molar-refractivity contribution in [3.8, 4) is 0 Å². The van der Waals surface area contributed by atoms with Crippen LogP contribution in [0.5, 0.6) is 0 Å². The summed E-state index contributed by atoms with van der Waals surface area (Å²) in [4.78, 5) is 1.58. The molecule has 0 saturated carbocycles. The Morgan fingerprint density at radius 2 is 1.92 bits per heavy atom. The zero-order valence-electron chi connectivity index (χ0n) is 8.42. The first kappa shape index (κ1) is 9.79. The molecule has 0 nitrogen and oxygen atoms in total. The van der Waals surface area contributed by atoms with Crippen molar-refractivity contribution in [2.45, 2.75) is 40.0 Å². The predicted octanol–water partition coefficient (Wildman–Crippen LogP) is 4.07. The molecular weight excluding hydrogens is 164 g/mol. The molecule has 0 spiro atoms. The second kappa shape index (κ2) is 4.08. The maximum Gasteiger partial charge on any atom is 0.00823 e. The van der Waals surface area contributed by atoms with E-state index in [0.717, 1.165) is 5.92 Å². The Kier molecular flexibility index (Phi) is 3.33. The summed E-state index contributed by atoms with van der Waals surface area (Å²) in [6, 6.07) is 2.27. The quantitative estimate of drug-likeness (QED) is 0.661. The van der Waals surface area contributed by atoms with E-state index in [4.69, 9.17) is 0 Å². The topological polar surface area (TPSA) is 0 Å². The maximum absolute atomic E-state index is 2.28. The third-order valence-corrected chi connectivity index (χ3v) is 2.95. The molecule has 0 radical (unpaired) electrons. The van der Waals surface area contributed by atoms with Crippen LogP contribution in [-0.2, 0) is 6.42 Å². The van der Waals surface area contributed by atoms with Gasteiger partial charge in [0, 0.05) is 4.88 Å². The lowest BCUT2D eigenvalue weighted by molar-refractivity contribution is 0.647. The molecule has 1 aromatic rings. The van der Waals surface area contributed by atoms with E-state index in [9.17, 15) is 0 Å². The minimum atomic E-state index is 0.685. The van der Waals surface area contributed by atoms with Crippen LogP contribution in [0.2, 0.25) is 0 Å². The van der Waals surface area contributed by atoms with Gasteiger partial charge in [-0.15, -0.1) is 11.3 Å². The van der Waals surface area contributed by atoms with Crippen molar-refractivity contribution in [1.29, 1.82) is 0 Å². The number of hydrogen-bond donors (Lipinski definition) is 0. The van der Waals surface area contributed by atoms with Crippen molar-refractivity contribution in [1.82, 2.24) is 0 Å². The Hall–Kier alpha value is -0.300. The normalized spacial score (nSPS) is 11.5. The summed E-state index contributed by atoms with van der Waals surface area (Å²) in [7, 11) is 0. The highest BCUT2D eigenvalue weighted by atomic mass is 32.1. The van der Waals surface area contributed by atoms with Gasteiger partial charge in [-0.25, -0.2) is 0 Å². The molecule has 0 N–H and O–H groups in total. The van der Waals surface area contributed by atoms with Crippen LogP contribution in [0.15, 0.2) is 11.4 Å². The van der Waals surface area contributed by atoms with Crippen LogP contribution in [0, 0.1) is 5.92 Å². The summed E-state index contributed by atoms with van der Waals surface area (Å²) in [5.74, 6) is 1.46. The van der Waals surface area contributed by atoms with Crippen LogP contribution >= 0.6 is 11.3 Å². The summed E-state index contributed by atoms with van der Waals surface area (Å²) >= 11 is 1.91. The first-order valence-electron chi connectivity index (χ1n) is 4.67. The van der Waals surface area contributed by atoms with Crippen LogP contribution in [0.1, 0.15) is 44.1 Å². The van der Waals surface area contributed by atoms with E-state index in [1.165, 1.54) is 6.42 Å². The molecule has 0 bridgehead atoms. The molecule has 12 heavy (non-hydrogen) atoms. The van der Waals surface area contributed by atoms with Gasteiger partial charge in [0.1, 0.15) is 0 Å². The standard InChI is InChI=1S/C11H18S/c1-8(2)7-11-10(9(3)4)5-6-12-11/h5-6,8-9H,7H2,1-4H3. The Labute approximate surface area is 79.6 Å².